The third-order valence-electron chi connectivity index (χ3n) is 6.42. The van der Waals surface area contributed by atoms with Gasteiger partial charge in [0.05, 0.1) is 11.2 Å². The number of aromatic nitrogens is 1. The summed E-state index contributed by atoms with van der Waals surface area (Å²) < 4.78 is 28.7. The van der Waals surface area contributed by atoms with E-state index in [9.17, 15) is 23.1 Å². The van der Waals surface area contributed by atoms with E-state index < -0.39 is 39.4 Å². The Bertz CT molecular complexity index is 1100. The van der Waals surface area contributed by atoms with Crippen molar-refractivity contribution in [2.24, 2.45) is 0 Å². The molecular formula is C22H29N5O5S2. The van der Waals surface area contributed by atoms with Crippen molar-refractivity contribution in [3.8, 4) is 0 Å². The number of piperazine rings is 2. The molecule has 2 fully saturated rings. The van der Waals surface area contributed by atoms with Crippen LogP contribution in [0, 0.1) is 0 Å². The van der Waals surface area contributed by atoms with E-state index in [1.165, 1.54) is 20.5 Å². The van der Waals surface area contributed by atoms with Crippen LogP contribution >= 0.6 is 11.3 Å². The van der Waals surface area contributed by atoms with Gasteiger partial charge in [0, 0.05) is 44.5 Å². The molecule has 0 saturated carbocycles. The van der Waals surface area contributed by atoms with Crippen LogP contribution in [0.25, 0.3) is 0 Å². The normalized spacial score (nSPS) is 23.7. The van der Waals surface area contributed by atoms with Crippen LogP contribution in [0.3, 0.4) is 0 Å². The quantitative estimate of drug-likeness (QED) is 0.515. The monoisotopic (exact) mass is 507 g/mol. The summed E-state index contributed by atoms with van der Waals surface area (Å²) in [5, 5.41) is 14.0. The van der Waals surface area contributed by atoms with Gasteiger partial charge in [0.15, 0.2) is 0 Å². The number of carbonyl (C=O) groups excluding carboxylic acids is 1. The minimum Gasteiger partial charge on any atom is -0.480 e. The predicted octanol–water partition coefficient (Wildman–Crippen LogP) is 0.0852. The van der Waals surface area contributed by atoms with Gasteiger partial charge in [-0.05, 0) is 19.0 Å². The number of carboxylic acid groups (broad SMARTS) is 1. The highest BCUT2D eigenvalue weighted by Gasteiger charge is 2.47. The van der Waals surface area contributed by atoms with Gasteiger partial charge in [-0.3, -0.25) is 9.69 Å². The van der Waals surface area contributed by atoms with Crippen molar-refractivity contribution >= 4 is 33.2 Å². The van der Waals surface area contributed by atoms with Gasteiger partial charge < -0.3 is 15.3 Å². The Morgan fingerprint density at radius 1 is 1.26 bits per heavy atom. The summed E-state index contributed by atoms with van der Waals surface area (Å²) in [5.41, 5.74) is 3.02. The number of carbonyl (C=O) groups is 2. The summed E-state index contributed by atoms with van der Waals surface area (Å²) >= 11 is 1.36. The molecule has 0 aliphatic carbocycles. The molecule has 2 aliphatic heterocycles. The van der Waals surface area contributed by atoms with Crippen molar-refractivity contribution in [1.82, 2.24) is 24.4 Å². The van der Waals surface area contributed by atoms with Crippen molar-refractivity contribution in [3.05, 3.63) is 52.5 Å². The van der Waals surface area contributed by atoms with Crippen LogP contribution in [0.2, 0.25) is 0 Å². The van der Waals surface area contributed by atoms with Gasteiger partial charge in [-0.2, -0.15) is 4.31 Å². The molecule has 10 nitrogen and oxygen atoms in total. The number of hydrogen-bond donors (Lipinski definition) is 2. The second-order valence-corrected chi connectivity index (χ2v) is 11.3. The Hall–Kier alpha value is -2.38. The molecule has 34 heavy (non-hydrogen) atoms. The second-order valence-electron chi connectivity index (χ2n) is 8.57. The molecule has 2 unspecified atom stereocenters. The highest BCUT2D eigenvalue weighted by Crippen LogP contribution is 2.26. The number of carboxylic acids is 1. The molecule has 2 aliphatic rings. The molecule has 0 radical (unpaired) electrons. The van der Waals surface area contributed by atoms with Crippen LogP contribution in [0.1, 0.15) is 11.3 Å². The number of nitrogens with one attached hydrogen (secondary N) is 1. The average molecular weight is 508 g/mol. The zero-order valence-electron chi connectivity index (χ0n) is 18.9. The van der Waals surface area contributed by atoms with Gasteiger partial charge in [0.2, 0.25) is 15.9 Å². The van der Waals surface area contributed by atoms with Crippen LogP contribution in [-0.4, -0.2) is 102 Å². The molecular weight excluding hydrogens is 478 g/mol. The predicted molar refractivity (Wildman–Crippen MR) is 128 cm³/mol. The van der Waals surface area contributed by atoms with Gasteiger partial charge in [-0.25, -0.2) is 18.2 Å². The molecule has 2 aromatic rings. The zero-order valence-corrected chi connectivity index (χ0v) is 20.5. The van der Waals surface area contributed by atoms with Gasteiger partial charge in [-0.15, -0.1) is 11.3 Å². The Kier molecular flexibility index (Phi) is 7.63. The van der Waals surface area contributed by atoms with Crippen LogP contribution < -0.4 is 5.32 Å². The van der Waals surface area contributed by atoms with Gasteiger partial charge >= 0.3 is 5.97 Å². The summed E-state index contributed by atoms with van der Waals surface area (Å²) in [6.07, 6.45) is 0.243. The summed E-state index contributed by atoms with van der Waals surface area (Å²) in [6, 6.07) is 7.07. The maximum Gasteiger partial charge on any atom is 0.326 e. The number of amides is 1. The molecule has 12 heteroatoms. The van der Waals surface area contributed by atoms with E-state index in [4.69, 9.17) is 0 Å². The number of hydrogen-bond acceptors (Lipinski definition) is 8. The van der Waals surface area contributed by atoms with E-state index >= 15 is 0 Å². The Labute approximate surface area is 203 Å². The number of aliphatic carboxylic acids is 1. The fourth-order valence-electron chi connectivity index (χ4n) is 4.56. The lowest BCUT2D eigenvalue weighted by atomic mass is 10.0. The Morgan fingerprint density at radius 3 is 2.68 bits per heavy atom. The van der Waals surface area contributed by atoms with E-state index in [-0.39, 0.29) is 32.5 Å². The number of benzene rings is 1. The van der Waals surface area contributed by atoms with Crippen LogP contribution in [0.5, 0.6) is 0 Å². The van der Waals surface area contributed by atoms with Crippen LogP contribution in [-0.2, 0) is 32.5 Å². The Morgan fingerprint density at radius 2 is 2.03 bits per heavy atom. The molecule has 2 N–H and O–H groups in total. The van der Waals surface area contributed by atoms with Gasteiger partial charge in [0.1, 0.15) is 17.5 Å². The lowest BCUT2D eigenvalue weighted by molar-refractivity contribution is -0.154. The highest BCUT2D eigenvalue weighted by molar-refractivity contribution is 7.89. The summed E-state index contributed by atoms with van der Waals surface area (Å²) in [5.74, 6) is -1.62. The smallest absolute Gasteiger partial charge is 0.326 e. The van der Waals surface area contributed by atoms with Crippen LogP contribution in [0.4, 0.5) is 0 Å². The summed E-state index contributed by atoms with van der Waals surface area (Å²) in [6.45, 7) is 1.59. The van der Waals surface area contributed by atoms with E-state index in [1.807, 2.05) is 30.3 Å². The first kappa shape index (κ1) is 24.7. The van der Waals surface area contributed by atoms with E-state index in [1.54, 1.807) is 22.8 Å². The van der Waals surface area contributed by atoms with Crippen molar-refractivity contribution in [2.75, 3.05) is 39.8 Å². The van der Waals surface area contributed by atoms with Crippen LogP contribution in [0.15, 0.2) is 41.2 Å². The number of likely N-dealkylation sites (N-methyl/N-ethyl adjacent to an activating group) is 1. The molecule has 4 rings (SSSR count). The molecule has 0 bridgehead atoms. The average Bonchev–Trinajstić information content (AvgIpc) is 3.33. The lowest BCUT2D eigenvalue weighted by Crippen LogP contribution is -2.66. The third kappa shape index (κ3) is 5.15. The first-order valence-electron chi connectivity index (χ1n) is 11.1. The molecule has 184 valence electrons. The SMILES string of the molecule is CN1CCNCC1S(=O)(=O)N1CCN(C(Cc2cscn2)C(=O)O)C(=O)[C@H]1Cc1ccccc1. The maximum absolute atomic E-state index is 13.7. The zero-order chi connectivity index (χ0) is 24.3. The largest absolute Gasteiger partial charge is 0.480 e. The van der Waals surface area contributed by atoms with Gasteiger partial charge in [0.25, 0.3) is 0 Å². The number of thiazole rings is 1. The summed E-state index contributed by atoms with van der Waals surface area (Å²) in [4.78, 5) is 33.1. The first-order chi connectivity index (χ1) is 16.3. The van der Waals surface area contributed by atoms with Gasteiger partial charge in [-0.1, -0.05) is 30.3 Å². The van der Waals surface area contributed by atoms with Crippen molar-refractivity contribution in [1.29, 1.82) is 0 Å². The van der Waals surface area contributed by atoms with Crippen molar-refractivity contribution in [2.45, 2.75) is 30.3 Å². The van der Waals surface area contributed by atoms with Crippen molar-refractivity contribution in [3.63, 3.8) is 0 Å². The van der Waals surface area contributed by atoms with E-state index in [2.05, 4.69) is 10.3 Å². The summed E-state index contributed by atoms with van der Waals surface area (Å²) in [7, 11) is -2.10. The number of sulfonamides is 1. The molecule has 3 heterocycles. The minimum atomic E-state index is -3.86. The fourth-order valence-corrected chi connectivity index (χ4v) is 7.19. The fraction of sp³-hybridized carbons (Fsp3) is 0.500. The third-order valence-corrected chi connectivity index (χ3v) is 9.36. The standard InChI is InChI=1S/C22H29N5O5S2/c1-25-8-7-23-13-20(25)34(31,32)27-10-9-26(19(22(29)30)12-17-14-33-15-24-17)21(28)18(27)11-16-5-3-2-4-6-16/h2-6,14-15,18-20,23H,7-13H2,1H3,(H,29,30)/t18-,19?,20?/m1/s1. The molecule has 0 spiro atoms. The highest BCUT2D eigenvalue weighted by atomic mass is 32.2. The Balaban J connectivity index is 1.65. The topological polar surface area (TPSA) is 123 Å². The molecule has 3 atom stereocenters. The van der Waals surface area contributed by atoms with E-state index in [0.29, 0.717) is 18.8 Å². The minimum absolute atomic E-state index is 0.00825. The molecule has 1 aromatic heterocycles. The molecule has 1 aromatic carbocycles. The lowest BCUT2D eigenvalue weighted by Gasteiger charge is -2.44. The first-order valence-corrected chi connectivity index (χ1v) is 13.6. The maximum atomic E-state index is 13.7. The molecule has 1 amide bonds. The number of rotatable bonds is 8. The second kappa shape index (κ2) is 10.5. The van der Waals surface area contributed by atoms with Crippen molar-refractivity contribution < 1.29 is 23.1 Å². The molecule has 2 saturated heterocycles. The van der Waals surface area contributed by atoms with E-state index in [0.717, 1.165) is 5.56 Å². The number of nitrogens with zero attached hydrogens (tertiary/aromatic N) is 4.